The molecule has 0 aromatic carbocycles. The number of amides is 1. The van der Waals surface area contributed by atoms with Crippen molar-refractivity contribution in [2.75, 3.05) is 20.3 Å². The second-order valence-electron chi connectivity index (χ2n) is 5.94. The van der Waals surface area contributed by atoms with Gasteiger partial charge >= 0.3 is 11.9 Å². The zero-order valence-electron chi connectivity index (χ0n) is 12.9. The Labute approximate surface area is 124 Å². The molecule has 120 valence electrons. The molecule has 0 aliphatic carbocycles. The number of hydrogen-bond donors (Lipinski definition) is 1. The number of carbonyl (C=O) groups is 3. The molecule has 1 aliphatic rings. The highest BCUT2D eigenvalue weighted by Crippen LogP contribution is 2.14. The highest BCUT2D eigenvalue weighted by Gasteiger charge is 2.31. The van der Waals surface area contributed by atoms with Crippen molar-refractivity contribution in [3.8, 4) is 0 Å². The molecule has 2 atom stereocenters. The van der Waals surface area contributed by atoms with Crippen LogP contribution in [0.1, 0.15) is 33.6 Å². The van der Waals surface area contributed by atoms with Crippen molar-refractivity contribution in [1.29, 1.82) is 0 Å². The van der Waals surface area contributed by atoms with Gasteiger partial charge in [-0.1, -0.05) is 0 Å². The lowest BCUT2D eigenvalue weighted by molar-refractivity contribution is -0.159. The standard InChI is InChI=1S/C14H23NO6/c1-14(2,3)21-11(16)7-10(13(18)19-4)15-12(17)9-5-6-20-8-9/h9-10H,5-8H2,1-4H3,(H,15,17)/t9-,10-/m0/s1. The van der Waals surface area contributed by atoms with Crippen LogP contribution in [-0.4, -0.2) is 49.8 Å². The van der Waals surface area contributed by atoms with E-state index < -0.39 is 23.6 Å². The Bertz CT molecular complexity index is 395. The average Bonchev–Trinajstić information content (AvgIpc) is 2.88. The van der Waals surface area contributed by atoms with Crippen LogP contribution in [0.25, 0.3) is 0 Å². The number of hydrogen-bond acceptors (Lipinski definition) is 6. The van der Waals surface area contributed by atoms with E-state index in [9.17, 15) is 14.4 Å². The van der Waals surface area contributed by atoms with E-state index in [1.807, 2.05) is 0 Å². The molecule has 1 aliphatic heterocycles. The molecule has 0 spiro atoms. The van der Waals surface area contributed by atoms with Gasteiger partial charge in [0.1, 0.15) is 11.6 Å². The molecule has 0 saturated carbocycles. The van der Waals surface area contributed by atoms with Gasteiger partial charge in [-0.3, -0.25) is 9.59 Å². The van der Waals surface area contributed by atoms with E-state index in [2.05, 4.69) is 10.1 Å². The first-order valence-electron chi connectivity index (χ1n) is 6.90. The normalized spacial score (nSPS) is 19.7. The smallest absolute Gasteiger partial charge is 0.328 e. The summed E-state index contributed by atoms with van der Waals surface area (Å²) in [4.78, 5) is 35.5. The zero-order valence-corrected chi connectivity index (χ0v) is 12.9. The number of carbonyl (C=O) groups excluding carboxylic acids is 3. The van der Waals surface area contributed by atoms with Crippen LogP contribution < -0.4 is 5.32 Å². The van der Waals surface area contributed by atoms with Crippen LogP contribution >= 0.6 is 0 Å². The number of nitrogens with one attached hydrogen (secondary N) is 1. The third-order valence-electron chi connectivity index (χ3n) is 2.89. The monoisotopic (exact) mass is 301 g/mol. The number of rotatable bonds is 5. The van der Waals surface area contributed by atoms with Crippen molar-refractivity contribution < 1.29 is 28.6 Å². The minimum absolute atomic E-state index is 0.261. The molecule has 0 aromatic rings. The van der Waals surface area contributed by atoms with Crippen molar-refractivity contribution in [2.24, 2.45) is 5.92 Å². The van der Waals surface area contributed by atoms with Crippen molar-refractivity contribution >= 4 is 17.8 Å². The molecule has 0 bridgehead atoms. The Hall–Kier alpha value is -1.63. The lowest BCUT2D eigenvalue weighted by atomic mass is 10.1. The van der Waals surface area contributed by atoms with Gasteiger partial charge in [0, 0.05) is 6.61 Å². The fourth-order valence-electron chi connectivity index (χ4n) is 1.92. The van der Waals surface area contributed by atoms with Crippen LogP contribution in [0.2, 0.25) is 0 Å². The second kappa shape index (κ2) is 7.40. The summed E-state index contributed by atoms with van der Waals surface area (Å²) in [6.45, 7) is 6.03. The predicted molar refractivity (Wildman–Crippen MR) is 73.3 cm³/mol. The van der Waals surface area contributed by atoms with Crippen LogP contribution in [0.5, 0.6) is 0 Å². The molecule has 21 heavy (non-hydrogen) atoms. The van der Waals surface area contributed by atoms with Crippen molar-refractivity contribution in [3.63, 3.8) is 0 Å². The van der Waals surface area contributed by atoms with Crippen LogP contribution in [0.3, 0.4) is 0 Å². The summed E-state index contributed by atoms with van der Waals surface area (Å²) in [5.74, 6) is -1.85. The van der Waals surface area contributed by atoms with Gasteiger partial charge in [0.05, 0.1) is 26.1 Å². The maximum absolute atomic E-state index is 12.0. The molecule has 1 rings (SSSR count). The minimum atomic E-state index is -1.04. The second-order valence-corrected chi connectivity index (χ2v) is 5.94. The Morgan fingerprint density at radius 2 is 2.00 bits per heavy atom. The molecular weight excluding hydrogens is 278 g/mol. The summed E-state index contributed by atoms with van der Waals surface area (Å²) in [7, 11) is 1.20. The van der Waals surface area contributed by atoms with Gasteiger partial charge in [0.2, 0.25) is 5.91 Å². The average molecular weight is 301 g/mol. The summed E-state index contributed by atoms with van der Waals surface area (Å²) in [6.07, 6.45) is 0.343. The summed E-state index contributed by atoms with van der Waals surface area (Å²) >= 11 is 0. The fourth-order valence-corrected chi connectivity index (χ4v) is 1.92. The quantitative estimate of drug-likeness (QED) is 0.740. The molecule has 1 amide bonds. The van der Waals surface area contributed by atoms with Crippen LogP contribution in [0, 0.1) is 5.92 Å². The minimum Gasteiger partial charge on any atom is -0.467 e. The van der Waals surface area contributed by atoms with E-state index in [-0.39, 0.29) is 18.2 Å². The van der Waals surface area contributed by atoms with E-state index in [4.69, 9.17) is 9.47 Å². The highest BCUT2D eigenvalue weighted by molar-refractivity contribution is 5.89. The van der Waals surface area contributed by atoms with Gasteiger partial charge in [-0.25, -0.2) is 4.79 Å². The van der Waals surface area contributed by atoms with Gasteiger partial charge in [-0.2, -0.15) is 0 Å². The number of esters is 2. The molecule has 1 saturated heterocycles. The Morgan fingerprint density at radius 1 is 1.33 bits per heavy atom. The summed E-state index contributed by atoms with van der Waals surface area (Å²) in [6, 6.07) is -1.04. The predicted octanol–water partition coefficient (Wildman–Crippen LogP) is 0.413. The van der Waals surface area contributed by atoms with Crippen LogP contribution in [-0.2, 0) is 28.6 Å². The Balaban J connectivity index is 2.61. The summed E-state index contributed by atoms with van der Waals surface area (Å²) < 4.78 is 14.9. The summed E-state index contributed by atoms with van der Waals surface area (Å²) in [5.41, 5.74) is -0.652. The molecule has 1 heterocycles. The van der Waals surface area contributed by atoms with Gasteiger partial charge in [0.15, 0.2) is 0 Å². The van der Waals surface area contributed by atoms with E-state index >= 15 is 0 Å². The van der Waals surface area contributed by atoms with Gasteiger partial charge in [-0.15, -0.1) is 0 Å². The van der Waals surface area contributed by atoms with Crippen molar-refractivity contribution in [2.45, 2.75) is 45.3 Å². The molecule has 1 fully saturated rings. The van der Waals surface area contributed by atoms with E-state index in [1.54, 1.807) is 20.8 Å². The Kier molecular flexibility index (Phi) is 6.14. The molecule has 7 nitrogen and oxygen atoms in total. The molecule has 7 heteroatoms. The van der Waals surface area contributed by atoms with E-state index in [0.717, 1.165) is 0 Å². The van der Waals surface area contributed by atoms with E-state index in [1.165, 1.54) is 7.11 Å². The highest BCUT2D eigenvalue weighted by atomic mass is 16.6. The van der Waals surface area contributed by atoms with E-state index in [0.29, 0.717) is 19.6 Å². The summed E-state index contributed by atoms with van der Waals surface area (Å²) in [5, 5.41) is 2.53. The lowest BCUT2D eigenvalue weighted by Gasteiger charge is -2.22. The van der Waals surface area contributed by atoms with Gasteiger partial charge in [-0.05, 0) is 27.2 Å². The fraction of sp³-hybridized carbons (Fsp3) is 0.786. The number of methoxy groups -OCH3 is 1. The van der Waals surface area contributed by atoms with Gasteiger partial charge < -0.3 is 19.5 Å². The third-order valence-corrected chi connectivity index (χ3v) is 2.89. The first-order chi connectivity index (χ1) is 9.73. The number of ether oxygens (including phenoxy) is 3. The molecule has 1 N–H and O–H groups in total. The molecule has 0 aromatic heterocycles. The molecular formula is C14H23NO6. The molecule has 0 unspecified atom stereocenters. The lowest BCUT2D eigenvalue weighted by Crippen LogP contribution is -2.46. The topological polar surface area (TPSA) is 90.9 Å². The largest absolute Gasteiger partial charge is 0.467 e. The maximum Gasteiger partial charge on any atom is 0.328 e. The van der Waals surface area contributed by atoms with Gasteiger partial charge in [0.25, 0.3) is 0 Å². The maximum atomic E-state index is 12.0. The van der Waals surface area contributed by atoms with Crippen LogP contribution in [0.4, 0.5) is 0 Å². The SMILES string of the molecule is COC(=O)[C@H](CC(=O)OC(C)(C)C)NC(=O)[C@H]1CCOC1. The Morgan fingerprint density at radius 3 is 2.48 bits per heavy atom. The van der Waals surface area contributed by atoms with Crippen LogP contribution in [0.15, 0.2) is 0 Å². The third kappa shape index (κ3) is 6.12. The first kappa shape index (κ1) is 17.4. The molecule has 0 radical (unpaired) electrons. The first-order valence-corrected chi connectivity index (χ1v) is 6.90. The van der Waals surface area contributed by atoms with Crippen molar-refractivity contribution in [3.05, 3.63) is 0 Å². The zero-order chi connectivity index (χ0) is 16.0. The van der Waals surface area contributed by atoms with Crippen molar-refractivity contribution in [1.82, 2.24) is 5.32 Å².